The van der Waals surface area contributed by atoms with Crippen molar-refractivity contribution in [2.24, 2.45) is 0 Å². The van der Waals surface area contributed by atoms with Crippen LogP contribution in [0.2, 0.25) is 0 Å². The van der Waals surface area contributed by atoms with E-state index in [1.165, 1.54) is 0 Å². The van der Waals surface area contributed by atoms with Crippen LogP contribution in [-0.2, 0) is 9.78 Å². The van der Waals surface area contributed by atoms with Crippen LogP contribution in [-0.4, -0.2) is 11.9 Å². The van der Waals surface area contributed by atoms with E-state index in [-0.39, 0.29) is 0 Å². The summed E-state index contributed by atoms with van der Waals surface area (Å²) < 4.78 is 0. The van der Waals surface area contributed by atoms with Crippen molar-refractivity contribution in [3.05, 3.63) is 68.8 Å². The fourth-order valence-corrected chi connectivity index (χ4v) is 2.53. The molecule has 0 heterocycles. The summed E-state index contributed by atoms with van der Waals surface area (Å²) in [5.41, 5.74) is 6.47. The number of rotatable bonds is 2. The number of hydrogen-bond donors (Lipinski definition) is 0. The zero-order valence-corrected chi connectivity index (χ0v) is 14.9. The molecule has 24 heavy (non-hydrogen) atoms. The van der Waals surface area contributed by atoms with Crippen LogP contribution < -0.4 is 0 Å². The lowest BCUT2D eigenvalue weighted by Gasteiger charge is -2.10. The predicted octanol–water partition coefficient (Wildman–Crippen LogP) is 4.47. The quantitative estimate of drug-likeness (QED) is 0.604. The molecule has 0 aliphatic rings. The minimum absolute atomic E-state index is 0.391. The van der Waals surface area contributed by atoms with Gasteiger partial charge in [0, 0.05) is 0 Å². The van der Waals surface area contributed by atoms with Gasteiger partial charge in [-0.25, -0.2) is 19.4 Å². The first kappa shape index (κ1) is 17.7. The van der Waals surface area contributed by atoms with E-state index in [1.54, 1.807) is 12.1 Å². The Morgan fingerprint density at radius 1 is 0.542 bits per heavy atom. The summed E-state index contributed by atoms with van der Waals surface area (Å²) in [5.74, 6) is -1.35. The van der Waals surface area contributed by atoms with Crippen molar-refractivity contribution in [3.8, 4) is 0 Å². The van der Waals surface area contributed by atoms with Gasteiger partial charge in [0.25, 0.3) is 0 Å². The molecule has 126 valence electrons. The summed E-state index contributed by atoms with van der Waals surface area (Å²) >= 11 is 0. The van der Waals surface area contributed by atoms with E-state index in [0.717, 1.165) is 33.4 Å². The molecule has 0 amide bonds. The molecule has 4 nitrogen and oxygen atoms in total. The second kappa shape index (κ2) is 6.87. The van der Waals surface area contributed by atoms with Gasteiger partial charge in [0.05, 0.1) is 11.1 Å². The van der Waals surface area contributed by atoms with Crippen molar-refractivity contribution in [2.45, 2.75) is 41.5 Å². The van der Waals surface area contributed by atoms with E-state index in [0.29, 0.717) is 11.1 Å². The molecular formula is C20H22O4. The van der Waals surface area contributed by atoms with Gasteiger partial charge in [-0.1, -0.05) is 12.1 Å². The first-order chi connectivity index (χ1) is 11.2. The number of aryl methyl sites for hydroxylation is 6. The number of carbonyl (C=O) groups is 2. The van der Waals surface area contributed by atoms with Crippen molar-refractivity contribution in [1.82, 2.24) is 0 Å². The maximum Gasteiger partial charge on any atom is 0.386 e. The minimum Gasteiger partial charge on any atom is -0.241 e. The highest BCUT2D eigenvalue weighted by atomic mass is 17.2. The molecule has 0 aliphatic heterocycles. The predicted molar refractivity (Wildman–Crippen MR) is 92.1 cm³/mol. The molecule has 0 saturated carbocycles. The minimum atomic E-state index is -0.676. The van der Waals surface area contributed by atoms with Crippen LogP contribution >= 0.6 is 0 Å². The lowest BCUT2D eigenvalue weighted by atomic mass is 10.0. The van der Waals surface area contributed by atoms with Crippen LogP contribution in [0.1, 0.15) is 54.1 Å². The Hall–Kier alpha value is -2.62. The highest BCUT2D eigenvalue weighted by molar-refractivity contribution is 5.94. The van der Waals surface area contributed by atoms with E-state index >= 15 is 0 Å². The second-order valence-corrected chi connectivity index (χ2v) is 6.24. The van der Waals surface area contributed by atoms with Gasteiger partial charge in [0.1, 0.15) is 0 Å². The highest BCUT2D eigenvalue weighted by Crippen LogP contribution is 2.18. The van der Waals surface area contributed by atoms with Crippen LogP contribution in [0.15, 0.2) is 24.3 Å². The largest absolute Gasteiger partial charge is 0.386 e. The average molecular weight is 326 g/mol. The van der Waals surface area contributed by atoms with E-state index in [1.807, 2.05) is 53.7 Å². The van der Waals surface area contributed by atoms with Crippen LogP contribution in [0.25, 0.3) is 0 Å². The monoisotopic (exact) mass is 326 g/mol. The van der Waals surface area contributed by atoms with Crippen molar-refractivity contribution >= 4 is 11.9 Å². The summed E-state index contributed by atoms with van der Waals surface area (Å²) in [7, 11) is 0. The van der Waals surface area contributed by atoms with Gasteiger partial charge in [0.15, 0.2) is 0 Å². The maximum atomic E-state index is 12.2. The zero-order valence-electron chi connectivity index (χ0n) is 14.9. The molecule has 0 fully saturated rings. The standard InChI is InChI=1S/C20H22O4/c1-11-7-15(5)17(9-13(11)3)19(21)23-24-20(22)18-10-14(4)12(2)8-16(18)6/h7-10H,1-6H3. The van der Waals surface area contributed by atoms with E-state index in [2.05, 4.69) is 0 Å². The Labute approximate surface area is 142 Å². The van der Waals surface area contributed by atoms with Crippen molar-refractivity contribution < 1.29 is 19.4 Å². The van der Waals surface area contributed by atoms with Gasteiger partial charge in [-0.15, -0.1) is 0 Å². The zero-order chi connectivity index (χ0) is 18.0. The lowest BCUT2D eigenvalue weighted by molar-refractivity contribution is -0.187. The average Bonchev–Trinajstić information content (AvgIpc) is 2.51. The van der Waals surface area contributed by atoms with Gasteiger partial charge < -0.3 is 0 Å². The Morgan fingerprint density at radius 2 is 0.833 bits per heavy atom. The Morgan fingerprint density at radius 3 is 1.17 bits per heavy atom. The molecule has 0 aromatic heterocycles. The van der Waals surface area contributed by atoms with Gasteiger partial charge >= 0.3 is 11.9 Å². The topological polar surface area (TPSA) is 52.6 Å². The highest BCUT2D eigenvalue weighted by Gasteiger charge is 2.18. The first-order valence-corrected chi connectivity index (χ1v) is 7.79. The molecule has 2 rings (SSSR count). The molecule has 0 unspecified atom stereocenters. The number of carbonyl (C=O) groups excluding carboxylic acids is 2. The fourth-order valence-electron chi connectivity index (χ4n) is 2.53. The Kier molecular flexibility index (Phi) is 5.07. The van der Waals surface area contributed by atoms with E-state index < -0.39 is 11.9 Å². The third-order valence-electron chi connectivity index (χ3n) is 4.31. The van der Waals surface area contributed by atoms with E-state index in [9.17, 15) is 9.59 Å². The Balaban J connectivity index is 2.13. The van der Waals surface area contributed by atoms with Crippen LogP contribution in [0.4, 0.5) is 0 Å². The fraction of sp³-hybridized carbons (Fsp3) is 0.300. The summed E-state index contributed by atoms with van der Waals surface area (Å²) in [6, 6.07) is 7.28. The first-order valence-electron chi connectivity index (χ1n) is 7.79. The number of hydrogen-bond acceptors (Lipinski definition) is 4. The summed E-state index contributed by atoms with van der Waals surface area (Å²) in [6.07, 6.45) is 0. The van der Waals surface area contributed by atoms with Gasteiger partial charge in [-0.2, -0.15) is 0 Å². The number of benzene rings is 2. The van der Waals surface area contributed by atoms with Crippen LogP contribution in [0.5, 0.6) is 0 Å². The van der Waals surface area contributed by atoms with Crippen molar-refractivity contribution in [1.29, 1.82) is 0 Å². The molecule has 0 bridgehead atoms. The molecule has 2 aromatic rings. The second-order valence-electron chi connectivity index (χ2n) is 6.24. The molecule has 2 aromatic carbocycles. The van der Waals surface area contributed by atoms with Gasteiger partial charge in [-0.3, -0.25) is 0 Å². The molecule has 0 spiro atoms. The van der Waals surface area contributed by atoms with E-state index in [4.69, 9.17) is 9.78 Å². The molecular weight excluding hydrogens is 304 g/mol. The normalized spacial score (nSPS) is 10.4. The molecule has 0 radical (unpaired) electrons. The van der Waals surface area contributed by atoms with Crippen molar-refractivity contribution in [2.75, 3.05) is 0 Å². The summed E-state index contributed by atoms with van der Waals surface area (Å²) in [4.78, 5) is 33.9. The molecule has 0 saturated heterocycles. The van der Waals surface area contributed by atoms with Crippen LogP contribution in [0.3, 0.4) is 0 Å². The van der Waals surface area contributed by atoms with Gasteiger partial charge in [0.2, 0.25) is 0 Å². The molecule has 0 atom stereocenters. The smallest absolute Gasteiger partial charge is 0.241 e. The lowest BCUT2D eigenvalue weighted by Crippen LogP contribution is -2.14. The van der Waals surface area contributed by atoms with Crippen molar-refractivity contribution in [3.63, 3.8) is 0 Å². The van der Waals surface area contributed by atoms with Gasteiger partial charge in [-0.05, 0) is 87.1 Å². The third-order valence-corrected chi connectivity index (χ3v) is 4.31. The molecule has 0 N–H and O–H groups in total. The summed E-state index contributed by atoms with van der Waals surface area (Å²) in [5, 5.41) is 0. The summed E-state index contributed by atoms with van der Waals surface area (Å²) in [6.45, 7) is 11.4. The maximum absolute atomic E-state index is 12.2. The molecule has 0 aliphatic carbocycles. The molecule has 4 heteroatoms. The van der Waals surface area contributed by atoms with Crippen LogP contribution in [0, 0.1) is 41.5 Å². The SMILES string of the molecule is Cc1cc(C)c(C(=O)OOC(=O)c2cc(C)c(C)cc2C)cc1C. The third kappa shape index (κ3) is 3.65. The Bertz CT molecular complexity index is 749.